The van der Waals surface area contributed by atoms with Crippen LogP contribution >= 0.6 is 11.6 Å². The number of hydrogen-bond donors (Lipinski definition) is 3. The number of benzene rings is 1. The van der Waals surface area contributed by atoms with E-state index in [9.17, 15) is 5.11 Å². The fraction of sp³-hybridized carbons (Fsp3) is 0.250. The molecule has 0 aromatic heterocycles. The molecule has 0 bridgehead atoms. The number of rotatable bonds is 7. The van der Waals surface area contributed by atoms with Gasteiger partial charge in [-0.2, -0.15) is 5.26 Å². The molecule has 0 saturated heterocycles. The Morgan fingerprint density at radius 1 is 1.55 bits per heavy atom. The molecule has 0 fully saturated rings. The van der Waals surface area contributed by atoms with Crippen LogP contribution in [0.25, 0.3) is 5.57 Å². The van der Waals surface area contributed by atoms with E-state index in [2.05, 4.69) is 11.6 Å². The van der Waals surface area contributed by atoms with Gasteiger partial charge in [-0.15, -0.1) is 0 Å². The standard InChI is InChI=1S/C16H18ClN3O2/c1-11(8-18)6-16(22)14-3-2-13(17)7-15(14)12(9-19)10-20-4-5-21/h2-3,7,9-10,16,21-22H,1,4-6,19H2/b12-9+,20-10?. The molecule has 0 heterocycles. The van der Waals surface area contributed by atoms with Gasteiger partial charge in [0.2, 0.25) is 0 Å². The summed E-state index contributed by atoms with van der Waals surface area (Å²) in [6.07, 6.45) is 2.08. The molecule has 1 rings (SSSR count). The molecule has 5 nitrogen and oxygen atoms in total. The molecular formula is C16H18ClN3O2. The number of aliphatic imine (C=N–C) groups is 1. The largest absolute Gasteiger partial charge is 0.404 e. The highest BCUT2D eigenvalue weighted by Gasteiger charge is 2.16. The van der Waals surface area contributed by atoms with Crippen molar-refractivity contribution in [2.45, 2.75) is 12.5 Å². The molecule has 0 amide bonds. The van der Waals surface area contributed by atoms with Crippen LogP contribution in [0.3, 0.4) is 0 Å². The zero-order valence-corrected chi connectivity index (χ0v) is 12.8. The molecule has 0 spiro atoms. The van der Waals surface area contributed by atoms with Gasteiger partial charge in [0.15, 0.2) is 0 Å². The molecule has 1 aromatic rings. The second kappa shape index (κ2) is 9.00. The van der Waals surface area contributed by atoms with E-state index >= 15 is 0 Å². The van der Waals surface area contributed by atoms with Gasteiger partial charge in [0.25, 0.3) is 0 Å². The first-order valence-electron chi connectivity index (χ1n) is 6.61. The topological polar surface area (TPSA) is 103 Å². The Labute approximate surface area is 134 Å². The van der Waals surface area contributed by atoms with Gasteiger partial charge >= 0.3 is 0 Å². The van der Waals surface area contributed by atoms with Crippen molar-refractivity contribution in [2.75, 3.05) is 13.2 Å². The molecule has 1 atom stereocenters. The minimum Gasteiger partial charge on any atom is -0.404 e. The Balaban J connectivity index is 3.20. The minimum atomic E-state index is -0.902. The molecule has 6 heteroatoms. The van der Waals surface area contributed by atoms with Crippen molar-refractivity contribution < 1.29 is 10.2 Å². The van der Waals surface area contributed by atoms with Crippen LogP contribution in [0.5, 0.6) is 0 Å². The van der Waals surface area contributed by atoms with Crippen molar-refractivity contribution in [1.82, 2.24) is 0 Å². The number of nitrogens with zero attached hydrogens (tertiary/aromatic N) is 2. The van der Waals surface area contributed by atoms with E-state index in [1.165, 1.54) is 12.4 Å². The third-order valence-corrected chi connectivity index (χ3v) is 3.16. The number of nitriles is 1. The van der Waals surface area contributed by atoms with Crippen molar-refractivity contribution in [1.29, 1.82) is 5.26 Å². The van der Waals surface area contributed by atoms with Gasteiger partial charge in [0.05, 0.1) is 25.3 Å². The van der Waals surface area contributed by atoms with Gasteiger partial charge in [-0.1, -0.05) is 24.2 Å². The molecule has 4 N–H and O–H groups in total. The summed E-state index contributed by atoms with van der Waals surface area (Å²) in [5, 5.41) is 28.3. The van der Waals surface area contributed by atoms with E-state index in [0.29, 0.717) is 21.7 Å². The Hall–Kier alpha value is -2.13. The van der Waals surface area contributed by atoms with Gasteiger partial charge in [-0.3, -0.25) is 4.99 Å². The second-order valence-electron chi connectivity index (χ2n) is 4.55. The predicted octanol–water partition coefficient (Wildman–Crippen LogP) is 2.21. The average molecular weight is 320 g/mol. The Kier molecular flexibility index (Phi) is 7.33. The average Bonchev–Trinajstić information content (AvgIpc) is 2.51. The summed E-state index contributed by atoms with van der Waals surface area (Å²) in [6.45, 7) is 3.75. The Bertz CT molecular complexity index is 633. The Morgan fingerprint density at radius 3 is 2.86 bits per heavy atom. The lowest BCUT2D eigenvalue weighted by Gasteiger charge is -2.16. The van der Waals surface area contributed by atoms with Crippen LogP contribution in [0, 0.1) is 11.3 Å². The summed E-state index contributed by atoms with van der Waals surface area (Å²) < 4.78 is 0. The van der Waals surface area contributed by atoms with E-state index in [1.807, 2.05) is 6.07 Å². The zero-order chi connectivity index (χ0) is 16.5. The fourth-order valence-electron chi connectivity index (χ4n) is 1.88. The van der Waals surface area contributed by atoms with Crippen LogP contribution < -0.4 is 5.73 Å². The molecule has 0 saturated carbocycles. The predicted molar refractivity (Wildman–Crippen MR) is 88.4 cm³/mol. The summed E-state index contributed by atoms with van der Waals surface area (Å²) in [5.41, 5.74) is 7.66. The summed E-state index contributed by atoms with van der Waals surface area (Å²) in [7, 11) is 0. The lowest BCUT2D eigenvalue weighted by atomic mass is 9.94. The van der Waals surface area contributed by atoms with Crippen molar-refractivity contribution in [3.05, 3.63) is 52.7 Å². The SMILES string of the molecule is C=C(C#N)CC(O)c1ccc(Cl)cc1/C(C=NCCO)=C/N. The minimum absolute atomic E-state index is 0.0681. The molecule has 1 unspecified atom stereocenters. The summed E-state index contributed by atoms with van der Waals surface area (Å²) in [5.74, 6) is 0. The van der Waals surface area contributed by atoms with Gasteiger partial charge in [0.1, 0.15) is 0 Å². The van der Waals surface area contributed by atoms with Crippen LogP contribution in [-0.4, -0.2) is 29.6 Å². The molecular weight excluding hydrogens is 302 g/mol. The number of aliphatic hydroxyl groups excluding tert-OH is 2. The molecule has 116 valence electrons. The van der Waals surface area contributed by atoms with Gasteiger partial charge in [-0.25, -0.2) is 0 Å². The number of aliphatic hydroxyl groups is 2. The van der Waals surface area contributed by atoms with Crippen LogP contribution in [0.1, 0.15) is 23.7 Å². The molecule has 0 aliphatic heterocycles. The van der Waals surface area contributed by atoms with E-state index in [1.54, 1.807) is 18.2 Å². The van der Waals surface area contributed by atoms with Crippen LogP contribution in [0.15, 0.2) is 41.5 Å². The summed E-state index contributed by atoms with van der Waals surface area (Å²) in [6, 6.07) is 6.90. The first-order chi connectivity index (χ1) is 10.5. The van der Waals surface area contributed by atoms with Crippen molar-refractivity contribution in [3.8, 4) is 6.07 Å². The van der Waals surface area contributed by atoms with Crippen LogP contribution in [-0.2, 0) is 0 Å². The molecule has 1 aromatic carbocycles. The maximum Gasteiger partial charge on any atom is 0.0941 e. The maximum atomic E-state index is 10.3. The highest BCUT2D eigenvalue weighted by Crippen LogP contribution is 2.29. The van der Waals surface area contributed by atoms with Crippen LogP contribution in [0.4, 0.5) is 0 Å². The van der Waals surface area contributed by atoms with Crippen molar-refractivity contribution >= 4 is 23.4 Å². The quantitative estimate of drug-likeness (QED) is 0.529. The fourth-order valence-corrected chi connectivity index (χ4v) is 2.05. The maximum absolute atomic E-state index is 10.3. The monoisotopic (exact) mass is 319 g/mol. The van der Waals surface area contributed by atoms with E-state index in [4.69, 9.17) is 27.7 Å². The molecule has 22 heavy (non-hydrogen) atoms. The van der Waals surface area contributed by atoms with Gasteiger partial charge < -0.3 is 15.9 Å². The van der Waals surface area contributed by atoms with Crippen LogP contribution in [0.2, 0.25) is 5.02 Å². The van der Waals surface area contributed by atoms with Gasteiger partial charge in [0, 0.05) is 35.0 Å². The lowest BCUT2D eigenvalue weighted by Crippen LogP contribution is -2.05. The number of hydrogen-bond acceptors (Lipinski definition) is 5. The first-order valence-corrected chi connectivity index (χ1v) is 6.99. The smallest absolute Gasteiger partial charge is 0.0941 e. The third-order valence-electron chi connectivity index (χ3n) is 2.92. The Morgan fingerprint density at radius 2 is 2.27 bits per heavy atom. The molecule has 0 radical (unpaired) electrons. The number of halogens is 1. The zero-order valence-electron chi connectivity index (χ0n) is 12.0. The normalized spacial score (nSPS) is 13.1. The number of nitrogens with two attached hydrogens (primary N) is 1. The first kappa shape index (κ1) is 17.9. The lowest BCUT2D eigenvalue weighted by molar-refractivity contribution is 0.179. The van der Waals surface area contributed by atoms with Crippen molar-refractivity contribution in [2.24, 2.45) is 10.7 Å². The summed E-state index contributed by atoms with van der Waals surface area (Å²) in [4.78, 5) is 4.03. The van der Waals surface area contributed by atoms with Crippen molar-refractivity contribution in [3.63, 3.8) is 0 Å². The number of allylic oxidation sites excluding steroid dienone is 1. The van der Waals surface area contributed by atoms with Gasteiger partial charge in [-0.05, 0) is 23.3 Å². The molecule has 0 aliphatic rings. The molecule has 0 aliphatic carbocycles. The second-order valence-corrected chi connectivity index (χ2v) is 4.98. The highest BCUT2D eigenvalue weighted by atomic mass is 35.5. The van der Waals surface area contributed by atoms with E-state index in [0.717, 1.165) is 0 Å². The van der Waals surface area contributed by atoms with E-state index in [-0.39, 0.29) is 25.1 Å². The third kappa shape index (κ3) is 5.01. The highest BCUT2D eigenvalue weighted by molar-refractivity contribution is 6.31. The summed E-state index contributed by atoms with van der Waals surface area (Å²) >= 11 is 6.01. The van der Waals surface area contributed by atoms with E-state index < -0.39 is 6.10 Å².